The van der Waals surface area contributed by atoms with Gasteiger partial charge in [-0.2, -0.15) is 31.4 Å². The number of hydrogen-bond donors (Lipinski definition) is 1. The number of carbonyl (C=O) groups excluding carboxylic acids is 1. The number of nitrogens with one attached hydrogen (secondary N) is 1. The Morgan fingerprint density at radius 3 is 1.88 bits per heavy atom. The number of alkyl halides is 6. The van der Waals surface area contributed by atoms with Crippen LogP contribution in [0.25, 0.3) is 0 Å². The zero-order valence-electron chi connectivity index (χ0n) is 8.61. The van der Waals surface area contributed by atoms with Crippen molar-refractivity contribution in [1.29, 1.82) is 0 Å². The van der Waals surface area contributed by atoms with Crippen LogP contribution < -0.4 is 5.43 Å². The Balaban J connectivity index is 3.00. The molecular formula is C7H8F6N2O2. The van der Waals surface area contributed by atoms with Crippen molar-refractivity contribution in [1.82, 2.24) is 10.4 Å². The first-order chi connectivity index (χ1) is 7.49. The highest BCUT2D eigenvalue weighted by molar-refractivity contribution is 5.75. The molecule has 0 spiro atoms. The van der Waals surface area contributed by atoms with Crippen molar-refractivity contribution in [3.8, 4) is 0 Å². The molecule has 1 N–H and O–H groups in total. The van der Waals surface area contributed by atoms with Gasteiger partial charge in [0.15, 0.2) is 0 Å². The number of ether oxygens (including phenoxy) is 1. The molecule has 100 valence electrons. The fraction of sp³-hybridized carbons (Fsp3) is 0.857. The number of carbonyl (C=O) groups is 1. The maximum atomic E-state index is 12.4. The first-order valence-corrected chi connectivity index (χ1v) is 4.27. The van der Waals surface area contributed by atoms with E-state index in [0.29, 0.717) is 0 Å². The lowest BCUT2D eigenvalue weighted by atomic mass is 10.2. The van der Waals surface area contributed by atoms with Crippen molar-refractivity contribution >= 4 is 5.97 Å². The van der Waals surface area contributed by atoms with Crippen LogP contribution in [0.2, 0.25) is 0 Å². The third-order valence-corrected chi connectivity index (χ3v) is 2.34. The Labute approximate surface area is 91.5 Å². The Morgan fingerprint density at radius 1 is 1.24 bits per heavy atom. The molecule has 2 unspecified atom stereocenters. The van der Waals surface area contributed by atoms with Crippen LogP contribution in [0.15, 0.2) is 0 Å². The van der Waals surface area contributed by atoms with Crippen LogP contribution in [-0.4, -0.2) is 42.1 Å². The van der Waals surface area contributed by atoms with Gasteiger partial charge in [0.2, 0.25) is 0 Å². The van der Waals surface area contributed by atoms with E-state index < -0.39 is 30.0 Å². The zero-order valence-corrected chi connectivity index (χ0v) is 8.61. The van der Waals surface area contributed by atoms with Crippen LogP contribution in [-0.2, 0) is 9.53 Å². The Kier molecular flexibility index (Phi) is 3.08. The minimum atomic E-state index is -5.59. The van der Waals surface area contributed by atoms with E-state index in [9.17, 15) is 31.1 Å². The van der Waals surface area contributed by atoms with Gasteiger partial charge < -0.3 is 4.74 Å². The number of halogens is 6. The lowest BCUT2D eigenvalue weighted by Crippen LogP contribution is -2.52. The van der Waals surface area contributed by atoms with Crippen molar-refractivity contribution in [2.24, 2.45) is 0 Å². The molecule has 0 saturated carbocycles. The summed E-state index contributed by atoms with van der Waals surface area (Å²) < 4.78 is 78.4. The fourth-order valence-electron chi connectivity index (χ4n) is 1.37. The summed E-state index contributed by atoms with van der Waals surface area (Å²) in [4.78, 5) is 10.9. The van der Waals surface area contributed by atoms with E-state index in [1.807, 2.05) is 0 Å². The molecule has 17 heavy (non-hydrogen) atoms. The molecule has 0 aromatic rings. The van der Waals surface area contributed by atoms with Gasteiger partial charge >= 0.3 is 18.3 Å². The molecule has 0 aromatic heterocycles. The monoisotopic (exact) mass is 266 g/mol. The third-order valence-electron chi connectivity index (χ3n) is 2.34. The summed E-state index contributed by atoms with van der Waals surface area (Å²) in [5.74, 6) is -1.20. The normalized spacial score (nSPS) is 25.3. The number of rotatable bonds is 2. The summed E-state index contributed by atoms with van der Waals surface area (Å²) in [6.45, 7) is 0.873. The molecule has 0 radical (unpaired) electrons. The molecule has 10 heteroatoms. The summed E-state index contributed by atoms with van der Waals surface area (Å²) in [5.41, 5.74) is -3.01. The number of hydrogen-bond acceptors (Lipinski definition) is 4. The van der Waals surface area contributed by atoms with Crippen molar-refractivity contribution < 1.29 is 35.9 Å². The van der Waals surface area contributed by atoms with E-state index in [-0.39, 0.29) is 5.01 Å². The quantitative estimate of drug-likeness (QED) is 0.463. The number of nitrogens with zero attached hydrogens (tertiary/aromatic N) is 1. The molecule has 0 aliphatic carbocycles. The van der Waals surface area contributed by atoms with E-state index in [1.54, 1.807) is 0 Å². The predicted octanol–water partition coefficient (Wildman–Crippen LogP) is 1.19. The van der Waals surface area contributed by atoms with Gasteiger partial charge in [-0.3, -0.25) is 4.79 Å². The Hall–Kier alpha value is -1.03. The van der Waals surface area contributed by atoms with Crippen molar-refractivity contribution in [2.75, 3.05) is 7.11 Å². The van der Waals surface area contributed by atoms with E-state index >= 15 is 0 Å². The molecule has 1 fully saturated rings. The average Bonchev–Trinajstić information content (AvgIpc) is 2.89. The summed E-state index contributed by atoms with van der Waals surface area (Å²) >= 11 is 0. The molecule has 1 aliphatic rings. The van der Waals surface area contributed by atoms with Gasteiger partial charge in [0, 0.05) is 0 Å². The summed E-state index contributed by atoms with van der Waals surface area (Å²) in [6.07, 6.45) is -11.2. The summed E-state index contributed by atoms with van der Waals surface area (Å²) in [5, 5.41) is -0.223. The highest BCUT2D eigenvalue weighted by Gasteiger charge is 2.85. The second-order valence-corrected chi connectivity index (χ2v) is 3.39. The van der Waals surface area contributed by atoms with E-state index in [0.717, 1.165) is 19.5 Å². The number of esters is 1. The highest BCUT2D eigenvalue weighted by Crippen LogP contribution is 2.53. The first kappa shape index (κ1) is 14.0. The van der Waals surface area contributed by atoms with Crippen LogP contribution in [0.1, 0.15) is 6.92 Å². The standard InChI is InChI=1S/C7H8F6N2O2/c1-3(4(16)17-2)15-5(14-15,6(8,9)10)7(11,12)13/h3,14H,1-2H3. The maximum absolute atomic E-state index is 12.4. The molecule has 1 heterocycles. The van der Waals surface area contributed by atoms with E-state index in [4.69, 9.17) is 0 Å². The molecule has 2 atom stereocenters. The second kappa shape index (κ2) is 3.73. The van der Waals surface area contributed by atoms with Gasteiger partial charge in [-0.15, -0.1) is 0 Å². The fourth-order valence-corrected chi connectivity index (χ4v) is 1.37. The molecule has 0 bridgehead atoms. The Morgan fingerprint density at radius 2 is 1.65 bits per heavy atom. The molecule has 1 saturated heterocycles. The van der Waals surface area contributed by atoms with Crippen molar-refractivity contribution in [3.63, 3.8) is 0 Å². The van der Waals surface area contributed by atoms with Crippen LogP contribution >= 0.6 is 0 Å². The van der Waals surface area contributed by atoms with Crippen LogP contribution in [0.3, 0.4) is 0 Å². The van der Waals surface area contributed by atoms with Gasteiger partial charge in [0.05, 0.1) is 7.11 Å². The summed E-state index contributed by atoms with van der Waals surface area (Å²) in [7, 11) is 0.866. The molecule has 1 rings (SSSR count). The first-order valence-electron chi connectivity index (χ1n) is 4.27. The largest absolute Gasteiger partial charge is 0.468 e. The van der Waals surface area contributed by atoms with Crippen LogP contribution in [0.4, 0.5) is 26.3 Å². The van der Waals surface area contributed by atoms with Gasteiger partial charge in [0.1, 0.15) is 6.04 Å². The molecular weight excluding hydrogens is 258 g/mol. The lowest BCUT2D eigenvalue weighted by molar-refractivity contribution is -0.281. The van der Waals surface area contributed by atoms with Crippen molar-refractivity contribution in [3.05, 3.63) is 0 Å². The van der Waals surface area contributed by atoms with Gasteiger partial charge in [-0.25, -0.2) is 5.43 Å². The Bertz CT molecular complexity index is 311. The average molecular weight is 266 g/mol. The zero-order chi connectivity index (χ0) is 13.6. The molecule has 0 amide bonds. The maximum Gasteiger partial charge on any atom is 0.431 e. The molecule has 1 aliphatic heterocycles. The predicted molar refractivity (Wildman–Crippen MR) is 41.3 cm³/mol. The molecule has 4 nitrogen and oxygen atoms in total. The SMILES string of the molecule is COC(=O)C(C)N1NC1(C(F)(F)F)C(F)(F)F. The third kappa shape index (κ3) is 1.95. The number of hydrazine groups is 1. The van der Waals surface area contributed by atoms with Gasteiger partial charge in [-0.05, 0) is 6.92 Å². The van der Waals surface area contributed by atoms with Gasteiger partial charge in [0.25, 0.3) is 5.66 Å². The van der Waals surface area contributed by atoms with Gasteiger partial charge in [-0.1, -0.05) is 0 Å². The van der Waals surface area contributed by atoms with E-state index in [2.05, 4.69) is 4.74 Å². The second-order valence-electron chi connectivity index (χ2n) is 3.39. The minimum Gasteiger partial charge on any atom is -0.468 e. The smallest absolute Gasteiger partial charge is 0.431 e. The van der Waals surface area contributed by atoms with Crippen LogP contribution in [0.5, 0.6) is 0 Å². The summed E-state index contributed by atoms with van der Waals surface area (Å²) in [6, 6.07) is -1.71. The minimum absolute atomic E-state index is 0.223. The van der Waals surface area contributed by atoms with Crippen LogP contribution in [0, 0.1) is 0 Å². The number of methoxy groups -OCH3 is 1. The van der Waals surface area contributed by atoms with Crippen molar-refractivity contribution in [2.45, 2.75) is 31.0 Å². The lowest BCUT2D eigenvalue weighted by Gasteiger charge is -2.22. The van der Waals surface area contributed by atoms with E-state index in [1.165, 1.54) is 0 Å². The topological polar surface area (TPSA) is 51.2 Å². The highest BCUT2D eigenvalue weighted by atomic mass is 19.4. The molecule has 0 aromatic carbocycles.